The number of aromatic nitrogens is 1. The number of rotatable bonds is 4. The second kappa shape index (κ2) is 7.27. The highest BCUT2D eigenvalue weighted by molar-refractivity contribution is 8.00. The molecule has 0 radical (unpaired) electrons. The number of hydrogen-bond acceptors (Lipinski definition) is 3. The lowest BCUT2D eigenvalue weighted by molar-refractivity contribution is 0.0936. The zero-order valence-corrected chi connectivity index (χ0v) is 13.4. The van der Waals surface area contributed by atoms with Crippen molar-refractivity contribution in [3.63, 3.8) is 0 Å². The molecule has 4 heteroatoms. The van der Waals surface area contributed by atoms with Gasteiger partial charge in [-0.05, 0) is 44.5 Å². The summed E-state index contributed by atoms with van der Waals surface area (Å²) in [6.45, 7) is 6.07. The number of hydrogen-bond donors (Lipinski definition) is 0. The van der Waals surface area contributed by atoms with Gasteiger partial charge in [0.1, 0.15) is 5.49 Å². The number of benzene rings is 1. The Hall–Kier alpha value is -1.81. The largest absolute Gasteiger partial charge is 0.273 e. The maximum Gasteiger partial charge on any atom is 0.242 e. The molecule has 1 aromatic carbocycles. The molecule has 3 nitrogen and oxygen atoms in total. The first kappa shape index (κ1) is 15.6. The van der Waals surface area contributed by atoms with Crippen LogP contribution in [0.3, 0.4) is 0 Å². The van der Waals surface area contributed by atoms with Crippen molar-refractivity contribution in [3.8, 4) is 0 Å². The Morgan fingerprint density at radius 1 is 1.19 bits per heavy atom. The molecule has 0 saturated carbocycles. The summed E-state index contributed by atoms with van der Waals surface area (Å²) in [6.07, 6.45) is 1.78. The van der Waals surface area contributed by atoms with Gasteiger partial charge in [-0.1, -0.05) is 24.3 Å². The summed E-state index contributed by atoms with van der Waals surface area (Å²) in [5.41, 5.74) is 1.91. The van der Waals surface area contributed by atoms with E-state index in [2.05, 4.69) is 18.0 Å². The summed E-state index contributed by atoms with van der Waals surface area (Å²) >= 11 is 1.57. The quantitative estimate of drug-likeness (QED) is 0.809. The van der Waals surface area contributed by atoms with Crippen LogP contribution in [0.4, 0.5) is 0 Å². The Kier molecular flexibility index (Phi) is 5.39. The molecule has 2 aromatic rings. The average molecular weight is 300 g/mol. The van der Waals surface area contributed by atoms with Gasteiger partial charge in [-0.2, -0.15) is 0 Å². The molecular weight excluding hydrogens is 280 g/mol. The van der Waals surface area contributed by atoms with E-state index in [0.717, 1.165) is 4.90 Å². The lowest BCUT2D eigenvalue weighted by Crippen LogP contribution is -2.28. The third-order valence-electron chi connectivity index (χ3n) is 2.94. The van der Waals surface area contributed by atoms with Crippen molar-refractivity contribution in [2.75, 3.05) is 5.75 Å². The van der Waals surface area contributed by atoms with E-state index in [1.165, 1.54) is 5.56 Å². The van der Waals surface area contributed by atoms with Crippen molar-refractivity contribution < 1.29 is 4.79 Å². The van der Waals surface area contributed by atoms with Crippen LogP contribution >= 0.6 is 11.8 Å². The number of thioether (sulfide) groups is 1. The fourth-order valence-electron chi connectivity index (χ4n) is 1.94. The van der Waals surface area contributed by atoms with Gasteiger partial charge in [0, 0.05) is 17.1 Å². The molecule has 0 amide bonds. The van der Waals surface area contributed by atoms with E-state index < -0.39 is 0 Å². The van der Waals surface area contributed by atoms with Crippen LogP contribution in [-0.2, 0) is 0 Å². The fourth-order valence-corrected chi connectivity index (χ4v) is 2.83. The van der Waals surface area contributed by atoms with E-state index in [0.29, 0.717) is 11.2 Å². The molecule has 0 unspecified atom stereocenters. The van der Waals surface area contributed by atoms with Crippen LogP contribution in [0.25, 0.3) is 0 Å². The SMILES string of the molecule is Cc1ccccc1SCC(=O)n1ccccc1=NC(C)C. The minimum Gasteiger partial charge on any atom is -0.273 e. The highest BCUT2D eigenvalue weighted by Crippen LogP contribution is 2.21. The molecule has 1 heterocycles. The maximum atomic E-state index is 12.4. The minimum atomic E-state index is 0.0447. The molecule has 110 valence electrons. The molecule has 2 rings (SSSR count). The van der Waals surface area contributed by atoms with E-state index in [-0.39, 0.29) is 11.9 Å². The molecular formula is C17H20N2OS. The molecule has 0 spiro atoms. The normalized spacial score (nSPS) is 11.9. The Bertz CT molecular complexity index is 689. The van der Waals surface area contributed by atoms with Crippen LogP contribution in [-0.4, -0.2) is 22.3 Å². The van der Waals surface area contributed by atoms with Gasteiger partial charge in [0.2, 0.25) is 5.91 Å². The van der Waals surface area contributed by atoms with Crippen LogP contribution in [0.5, 0.6) is 0 Å². The van der Waals surface area contributed by atoms with Gasteiger partial charge in [0.15, 0.2) is 0 Å². The second-order valence-electron chi connectivity index (χ2n) is 5.10. The first-order valence-electron chi connectivity index (χ1n) is 7.01. The molecule has 1 aromatic heterocycles. The zero-order valence-electron chi connectivity index (χ0n) is 12.6. The Balaban J connectivity index is 2.17. The molecule has 0 bridgehead atoms. The number of nitrogens with zero attached hydrogens (tertiary/aromatic N) is 2. The third kappa shape index (κ3) is 4.33. The maximum absolute atomic E-state index is 12.4. The van der Waals surface area contributed by atoms with E-state index >= 15 is 0 Å². The van der Waals surface area contributed by atoms with Crippen molar-refractivity contribution in [1.29, 1.82) is 0 Å². The molecule has 0 atom stereocenters. The van der Waals surface area contributed by atoms with Crippen molar-refractivity contribution in [3.05, 3.63) is 59.7 Å². The van der Waals surface area contributed by atoms with Gasteiger partial charge in [-0.15, -0.1) is 11.8 Å². The summed E-state index contributed by atoms with van der Waals surface area (Å²) < 4.78 is 1.63. The molecule has 0 aliphatic rings. The summed E-state index contributed by atoms with van der Waals surface area (Å²) in [6, 6.07) is 13.9. The molecule has 0 saturated heterocycles. The van der Waals surface area contributed by atoms with E-state index in [1.54, 1.807) is 22.5 Å². The van der Waals surface area contributed by atoms with Crippen molar-refractivity contribution in [2.45, 2.75) is 31.7 Å². The van der Waals surface area contributed by atoms with E-state index in [1.807, 2.05) is 50.2 Å². The van der Waals surface area contributed by atoms with Gasteiger partial charge in [-0.3, -0.25) is 14.4 Å². The molecule has 0 aliphatic carbocycles. The van der Waals surface area contributed by atoms with Crippen molar-refractivity contribution in [2.24, 2.45) is 4.99 Å². The highest BCUT2D eigenvalue weighted by atomic mass is 32.2. The van der Waals surface area contributed by atoms with Crippen molar-refractivity contribution >= 4 is 17.7 Å². The fraction of sp³-hybridized carbons (Fsp3) is 0.294. The van der Waals surface area contributed by atoms with Gasteiger partial charge in [0.05, 0.1) is 5.75 Å². The molecule has 0 fully saturated rings. The summed E-state index contributed by atoms with van der Waals surface area (Å²) in [4.78, 5) is 18.0. The Morgan fingerprint density at radius 3 is 2.62 bits per heavy atom. The smallest absolute Gasteiger partial charge is 0.242 e. The van der Waals surface area contributed by atoms with Crippen LogP contribution in [0.1, 0.15) is 24.2 Å². The topological polar surface area (TPSA) is 34.4 Å². The molecule has 0 aliphatic heterocycles. The van der Waals surface area contributed by atoms with Crippen LogP contribution in [0.15, 0.2) is 58.5 Å². The number of aryl methyl sites for hydroxylation is 1. The third-order valence-corrected chi connectivity index (χ3v) is 4.10. The van der Waals surface area contributed by atoms with Crippen LogP contribution < -0.4 is 5.49 Å². The molecule has 0 N–H and O–H groups in total. The van der Waals surface area contributed by atoms with Gasteiger partial charge < -0.3 is 0 Å². The number of carbonyl (C=O) groups is 1. The standard InChI is InChI=1S/C17H20N2OS/c1-13(2)18-16-10-6-7-11-19(16)17(20)12-21-15-9-5-4-8-14(15)3/h4-11,13H,12H2,1-3H3. The predicted molar refractivity (Wildman–Crippen MR) is 87.7 cm³/mol. The Morgan fingerprint density at radius 2 is 1.90 bits per heavy atom. The minimum absolute atomic E-state index is 0.0447. The zero-order chi connectivity index (χ0) is 15.2. The van der Waals surface area contributed by atoms with E-state index in [9.17, 15) is 4.79 Å². The first-order valence-corrected chi connectivity index (χ1v) is 7.99. The monoisotopic (exact) mass is 300 g/mol. The lowest BCUT2D eigenvalue weighted by Gasteiger charge is -2.08. The van der Waals surface area contributed by atoms with Gasteiger partial charge >= 0.3 is 0 Å². The lowest BCUT2D eigenvalue weighted by atomic mass is 10.2. The summed E-state index contributed by atoms with van der Waals surface area (Å²) in [5, 5.41) is 0. The highest BCUT2D eigenvalue weighted by Gasteiger charge is 2.07. The Labute approximate surface area is 129 Å². The average Bonchev–Trinajstić information content (AvgIpc) is 2.46. The van der Waals surface area contributed by atoms with E-state index in [4.69, 9.17) is 0 Å². The number of pyridine rings is 1. The first-order chi connectivity index (χ1) is 10.1. The number of carbonyl (C=O) groups excluding carboxylic acids is 1. The van der Waals surface area contributed by atoms with Crippen LogP contribution in [0.2, 0.25) is 0 Å². The van der Waals surface area contributed by atoms with Crippen molar-refractivity contribution in [1.82, 2.24) is 4.57 Å². The molecule has 21 heavy (non-hydrogen) atoms. The van der Waals surface area contributed by atoms with Gasteiger partial charge in [0.25, 0.3) is 0 Å². The summed E-state index contributed by atoms with van der Waals surface area (Å²) in [7, 11) is 0. The second-order valence-corrected chi connectivity index (χ2v) is 6.12. The van der Waals surface area contributed by atoms with Gasteiger partial charge in [-0.25, -0.2) is 0 Å². The van der Waals surface area contributed by atoms with Crippen LogP contribution in [0, 0.1) is 6.92 Å². The predicted octanol–water partition coefficient (Wildman–Crippen LogP) is 3.54. The summed E-state index contributed by atoms with van der Waals surface area (Å²) in [5.74, 6) is 0.448.